The third kappa shape index (κ3) is 7.26. The number of benzene rings is 4. The molecule has 1 aliphatic heterocycles. The van der Waals surface area contributed by atoms with Gasteiger partial charge in [-0.1, -0.05) is 60.7 Å². The van der Waals surface area contributed by atoms with Crippen molar-refractivity contribution in [3.63, 3.8) is 0 Å². The highest BCUT2D eigenvalue weighted by atomic mass is 16.5. The molecule has 1 fully saturated rings. The molecule has 0 radical (unpaired) electrons. The normalized spacial score (nSPS) is 15.0. The maximum Gasteiger partial charge on any atom is 0.248 e. The first kappa shape index (κ1) is 33.3. The highest BCUT2D eigenvalue weighted by Crippen LogP contribution is 2.45. The van der Waals surface area contributed by atoms with Gasteiger partial charge in [0.05, 0.1) is 18.2 Å². The molecule has 1 atom stereocenters. The quantitative estimate of drug-likeness (QED) is 0.0964. The summed E-state index contributed by atoms with van der Waals surface area (Å²) in [5, 5.41) is 35.8. The first-order valence-corrected chi connectivity index (χ1v) is 16.8. The summed E-state index contributed by atoms with van der Waals surface area (Å²) in [5.41, 5.74) is 5.08. The van der Waals surface area contributed by atoms with Crippen molar-refractivity contribution < 1.29 is 20.1 Å². The number of pyridine rings is 1. The van der Waals surface area contributed by atoms with E-state index in [0.717, 1.165) is 49.2 Å². The zero-order chi connectivity index (χ0) is 33.7. The molecule has 2 heterocycles. The molecule has 1 aliphatic rings. The summed E-state index contributed by atoms with van der Waals surface area (Å²) in [6.45, 7) is 7.84. The van der Waals surface area contributed by atoms with Crippen LogP contribution in [0.15, 0.2) is 102 Å². The van der Waals surface area contributed by atoms with Crippen molar-refractivity contribution in [2.24, 2.45) is 0 Å². The lowest BCUT2D eigenvalue weighted by Crippen LogP contribution is -2.61. The zero-order valence-corrected chi connectivity index (χ0v) is 27.7. The molecule has 0 aliphatic carbocycles. The molecular formula is C40H45N3O5. The van der Waals surface area contributed by atoms with Gasteiger partial charge in [-0.15, -0.1) is 0 Å². The Morgan fingerprint density at radius 3 is 2.35 bits per heavy atom. The van der Waals surface area contributed by atoms with E-state index in [1.54, 1.807) is 12.1 Å². The molecule has 250 valence electrons. The second-order valence-electron chi connectivity index (χ2n) is 13.1. The number of phenols is 2. The molecule has 5 N–H and O–H groups in total. The van der Waals surface area contributed by atoms with Crippen LogP contribution in [0, 0.1) is 0 Å². The van der Waals surface area contributed by atoms with E-state index in [-0.39, 0.29) is 16.7 Å². The molecule has 0 unspecified atom stereocenters. The number of phenolic OH excluding ortho intramolecular Hbond substituents is 2. The van der Waals surface area contributed by atoms with Crippen LogP contribution in [0.4, 0.5) is 0 Å². The van der Waals surface area contributed by atoms with Crippen LogP contribution in [0.3, 0.4) is 0 Å². The highest BCUT2D eigenvalue weighted by molar-refractivity contribution is 5.87. The number of fused-ring (bicyclic) bond motifs is 1. The van der Waals surface area contributed by atoms with E-state index < -0.39 is 6.10 Å². The average Bonchev–Trinajstić information content (AvgIpc) is 3.07. The molecule has 48 heavy (non-hydrogen) atoms. The molecule has 1 aromatic heterocycles. The number of aliphatic hydroxyl groups is 1. The largest absolute Gasteiger partial charge is 0.508 e. The number of hydrogen-bond acceptors (Lipinski definition) is 7. The summed E-state index contributed by atoms with van der Waals surface area (Å²) < 4.78 is 6.06. The van der Waals surface area contributed by atoms with Gasteiger partial charge in [0, 0.05) is 48.1 Å². The minimum Gasteiger partial charge on any atom is -0.508 e. The summed E-state index contributed by atoms with van der Waals surface area (Å²) in [5.74, 6) is 1.17. The van der Waals surface area contributed by atoms with Gasteiger partial charge in [-0.05, 0) is 92.2 Å². The zero-order valence-electron chi connectivity index (χ0n) is 27.7. The molecule has 8 heteroatoms. The number of aliphatic hydroxyl groups excluding tert-OH is 1. The number of hydrogen-bond donors (Lipinski definition) is 5. The number of likely N-dealkylation sites (tertiary alicyclic amines) is 1. The van der Waals surface area contributed by atoms with Crippen molar-refractivity contribution in [1.29, 1.82) is 0 Å². The van der Waals surface area contributed by atoms with Crippen molar-refractivity contribution in [2.75, 3.05) is 32.8 Å². The first-order chi connectivity index (χ1) is 23.2. The van der Waals surface area contributed by atoms with Gasteiger partial charge in [0.25, 0.3) is 0 Å². The molecule has 0 amide bonds. The second kappa shape index (κ2) is 14.6. The van der Waals surface area contributed by atoms with Crippen molar-refractivity contribution >= 4 is 10.9 Å². The van der Waals surface area contributed by atoms with Gasteiger partial charge in [-0.25, -0.2) is 0 Å². The number of rotatable bonds is 14. The molecule has 8 nitrogen and oxygen atoms in total. The third-order valence-electron chi connectivity index (χ3n) is 9.58. The van der Waals surface area contributed by atoms with E-state index in [2.05, 4.69) is 71.5 Å². The summed E-state index contributed by atoms with van der Waals surface area (Å²) >= 11 is 0. The first-order valence-electron chi connectivity index (χ1n) is 16.8. The van der Waals surface area contributed by atoms with E-state index in [9.17, 15) is 20.1 Å². The Labute approximate surface area is 281 Å². The van der Waals surface area contributed by atoms with Gasteiger partial charge >= 0.3 is 0 Å². The number of aromatic amines is 1. The van der Waals surface area contributed by atoms with Crippen LogP contribution in [0.5, 0.6) is 17.2 Å². The minimum atomic E-state index is -0.790. The maximum atomic E-state index is 11.7. The lowest BCUT2D eigenvalue weighted by molar-refractivity contribution is 0.0596. The van der Waals surface area contributed by atoms with Crippen LogP contribution < -0.4 is 15.6 Å². The molecule has 0 spiro atoms. The van der Waals surface area contributed by atoms with Crippen LogP contribution >= 0.6 is 0 Å². The number of nitrogens with zero attached hydrogens (tertiary/aromatic N) is 1. The minimum absolute atomic E-state index is 0.0235. The predicted molar refractivity (Wildman–Crippen MR) is 190 cm³/mol. The van der Waals surface area contributed by atoms with Crippen LogP contribution in [-0.4, -0.2) is 64.0 Å². The van der Waals surface area contributed by atoms with E-state index in [1.807, 2.05) is 30.3 Å². The topological polar surface area (TPSA) is 118 Å². The molecule has 0 bridgehead atoms. The van der Waals surface area contributed by atoms with Crippen LogP contribution in [0.2, 0.25) is 0 Å². The van der Waals surface area contributed by atoms with Crippen LogP contribution in [0.25, 0.3) is 10.9 Å². The standard InChI is InChI=1S/C40H45N3O5/c1-27(2)43-25-40(26-43,30-8-4-3-5-9-30)34-23-29(12-17-35(34)44)7-6-22-48-31-13-10-28(11-14-31)20-21-41-24-37(46)32-15-18-36(45)39-33(32)16-19-38(47)42-39/h3-5,8-19,23,27,37,41,44-46H,6-7,20-22,24-26H2,1-2H3,(H,42,47)/t37-/m0/s1. The van der Waals surface area contributed by atoms with Gasteiger partial charge < -0.3 is 30.4 Å². The number of H-pyrrole nitrogens is 1. The van der Waals surface area contributed by atoms with Crippen molar-refractivity contribution in [1.82, 2.24) is 15.2 Å². The number of ether oxygens (including phenoxy) is 1. The molecule has 1 saturated heterocycles. The van der Waals surface area contributed by atoms with Gasteiger partial charge in [-0.3, -0.25) is 9.69 Å². The fourth-order valence-electron chi connectivity index (χ4n) is 6.75. The summed E-state index contributed by atoms with van der Waals surface area (Å²) in [4.78, 5) is 16.7. The fourth-order valence-corrected chi connectivity index (χ4v) is 6.75. The van der Waals surface area contributed by atoms with Crippen molar-refractivity contribution in [3.8, 4) is 17.2 Å². The van der Waals surface area contributed by atoms with E-state index in [4.69, 9.17) is 4.74 Å². The van der Waals surface area contributed by atoms with Gasteiger partial charge in [-0.2, -0.15) is 0 Å². The SMILES string of the molecule is CC(C)N1CC(c2ccccc2)(c2cc(CCCOc3ccc(CCNC[C@H](O)c4ccc(O)c5[nH]c(=O)ccc45)cc3)ccc2O)C1. The van der Waals surface area contributed by atoms with Crippen LogP contribution in [-0.2, 0) is 18.3 Å². The third-order valence-corrected chi connectivity index (χ3v) is 9.58. The average molecular weight is 648 g/mol. The summed E-state index contributed by atoms with van der Waals surface area (Å²) in [6, 6.07) is 31.4. The lowest BCUT2D eigenvalue weighted by atomic mass is 9.67. The van der Waals surface area contributed by atoms with Gasteiger partial charge in [0.2, 0.25) is 5.56 Å². The number of aryl methyl sites for hydroxylation is 1. The van der Waals surface area contributed by atoms with E-state index in [1.165, 1.54) is 23.3 Å². The van der Waals surface area contributed by atoms with E-state index in [0.29, 0.717) is 48.0 Å². The molecule has 0 saturated carbocycles. The Hall–Kier alpha value is -4.63. The molecular weight excluding hydrogens is 602 g/mol. The Bertz CT molecular complexity index is 1880. The Morgan fingerprint density at radius 1 is 0.875 bits per heavy atom. The Balaban J connectivity index is 0.967. The van der Waals surface area contributed by atoms with E-state index >= 15 is 0 Å². The monoisotopic (exact) mass is 647 g/mol. The van der Waals surface area contributed by atoms with Crippen molar-refractivity contribution in [2.45, 2.75) is 50.7 Å². The fraction of sp³-hybridized carbons (Fsp3) is 0.325. The van der Waals surface area contributed by atoms with Gasteiger partial charge in [0.15, 0.2) is 0 Å². The highest BCUT2D eigenvalue weighted by Gasteiger charge is 2.47. The van der Waals surface area contributed by atoms with Gasteiger partial charge in [0.1, 0.15) is 17.2 Å². The summed E-state index contributed by atoms with van der Waals surface area (Å²) in [7, 11) is 0. The molecule has 5 aromatic rings. The number of aromatic hydroxyl groups is 2. The molecule has 6 rings (SSSR count). The second-order valence-corrected chi connectivity index (χ2v) is 13.1. The lowest BCUT2D eigenvalue weighted by Gasteiger charge is -2.53. The smallest absolute Gasteiger partial charge is 0.248 e. The maximum absolute atomic E-state index is 11.7. The molecule has 4 aromatic carbocycles. The number of aromatic nitrogens is 1. The van der Waals surface area contributed by atoms with Crippen molar-refractivity contribution in [3.05, 3.63) is 135 Å². The predicted octanol–water partition coefficient (Wildman–Crippen LogP) is 5.83. The van der Waals surface area contributed by atoms with Crippen LogP contribution in [0.1, 0.15) is 54.2 Å². The number of nitrogens with one attached hydrogen (secondary N) is 2. The Morgan fingerprint density at radius 2 is 1.60 bits per heavy atom. The summed E-state index contributed by atoms with van der Waals surface area (Å²) in [6.07, 6.45) is 1.72. The Kier molecular flexibility index (Phi) is 10.2.